The van der Waals surface area contributed by atoms with Crippen LogP contribution in [0.25, 0.3) is 0 Å². The first kappa shape index (κ1) is 18.6. The average Bonchev–Trinajstić information content (AvgIpc) is 3.15. The van der Waals surface area contributed by atoms with Gasteiger partial charge in [-0.3, -0.25) is 4.79 Å². The van der Waals surface area contributed by atoms with Crippen molar-refractivity contribution in [3.63, 3.8) is 0 Å². The molecule has 0 saturated carbocycles. The number of sulfonamides is 1. The molecule has 0 radical (unpaired) electrons. The Balaban J connectivity index is 1.82. The monoisotopic (exact) mass is 371 g/mol. The number of carbonyl (C=O) groups excluding carboxylic acids is 1. The van der Waals surface area contributed by atoms with E-state index in [1.807, 2.05) is 17.5 Å². The third kappa shape index (κ3) is 4.43. The highest BCUT2D eigenvalue weighted by Gasteiger charge is 2.28. The summed E-state index contributed by atoms with van der Waals surface area (Å²) < 4.78 is 31.1. The molecule has 0 spiro atoms. The summed E-state index contributed by atoms with van der Waals surface area (Å²) in [7, 11) is -2.20. The Morgan fingerprint density at radius 2 is 2.17 bits per heavy atom. The van der Waals surface area contributed by atoms with Crippen molar-refractivity contribution in [3.05, 3.63) is 33.8 Å². The molecule has 132 valence electrons. The lowest BCUT2D eigenvalue weighted by Crippen LogP contribution is -2.36. The lowest BCUT2D eigenvalue weighted by Gasteiger charge is -2.17. The Morgan fingerprint density at radius 3 is 2.75 bits per heavy atom. The fourth-order valence-corrected chi connectivity index (χ4v) is 4.42. The number of aromatic nitrogens is 1. The number of aryl methyl sites for hydroxylation is 3. The van der Waals surface area contributed by atoms with Gasteiger partial charge in [0.2, 0.25) is 15.9 Å². The van der Waals surface area contributed by atoms with Crippen molar-refractivity contribution in [1.82, 2.24) is 14.8 Å². The zero-order valence-electron chi connectivity index (χ0n) is 13.9. The number of nitrogens with zero attached hydrogens (tertiary/aromatic N) is 2. The van der Waals surface area contributed by atoms with Crippen LogP contribution in [0.1, 0.15) is 22.8 Å². The molecule has 2 aromatic rings. The molecule has 7 nitrogen and oxygen atoms in total. The molecular weight excluding hydrogens is 350 g/mol. The first-order chi connectivity index (χ1) is 11.3. The number of amides is 1. The van der Waals surface area contributed by atoms with Crippen molar-refractivity contribution in [2.75, 3.05) is 20.1 Å². The van der Waals surface area contributed by atoms with Crippen LogP contribution in [-0.2, 0) is 21.2 Å². The van der Waals surface area contributed by atoms with Crippen LogP contribution in [0.4, 0.5) is 0 Å². The van der Waals surface area contributed by atoms with E-state index in [1.54, 1.807) is 25.2 Å². The van der Waals surface area contributed by atoms with Crippen molar-refractivity contribution >= 4 is 27.3 Å². The highest BCUT2D eigenvalue weighted by Crippen LogP contribution is 2.21. The third-order valence-corrected chi connectivity index (χ3v) is 6.60. The summed E-state index contributed by atoms with van der Waals surface area (Å²) in [6.07, 6.45) is 1.08. The van der Waals surface area contributed by atoms with E-state index in [0.29, 0.717) is 18.5 Å². The predicted molar refractivity (Wildman–Crippen MR) is 91.4 cm³/mol. The molecular formula is C15H21N3O4S2. The number of nitrogens with one attached hydrogen (secondary N) is 1. The second-order valence-corrected chi connectivity index (χ2v) is 8.42. The Bertz CT molecular complexity index is 762. The van der Waals surface area contributed by atoms with Gasteiger partial charge in [-0.15, -0.1) is 11.3 Å². The van der Waals surface area contributed by atoms with Crippen LogP contribution >= 0.6 is 11.3 Å². The van der Waals surface area contributed by atoms with Gasteiger partial charge >= 0.3 is 0 Å². The zero-order valence-corrected chi connectivity index (χ0v) is 15.5. The molecule has 9 heteroatoms. The average molecular weight is 371 g/mol. The molecule has 0 aromatic carbocycles. The summed E-state index contributed by atoms with van der Waals surface area (Å²) in [5.74, 6) is 0.172. The Labute approximate surface area is 145 Å². The van der Waals surface area contributed by atoms with E-state index in [9.17, 15) is 13.2 Å². The molecule has 2 aromatic heterocycles. The molecule has 0 aliphatic carbocycles. The van der Waals surface area contributed by atoms with Crippen LogP contribution in [0.5, 0.6) is 0 Å². The standard InChI is InChI=1S/C15H21N3O4S2/c1-11-15(12(2)22-17-11)24(20,21)18(3)9-8-16-14(19)7-6-13-5-4-10-23-13/h4-5,10H,6-9H2,1-3H3,(H,16,19). The molecule has 2 heterocycles. The Kier molecular flexibility index (Phi) is 6.14. The van der Waals surface area contributed by atoms with Gasteiger partial charge in [0.15, 0.2) is 5.76 Å². The first-order valence-electron chi connectivity index (χ1n) is 7.50. The van der Waals surface area contributed by atoms with Crippen molar-refractivity contribution in [3.8, 4) is 0 Å². The van der Waals surface area contributed by atoms with E-state index in [4.69, 9.17) is 4.52 Å². The lowest BCUT2D eigenvalue weighted by molar-refractivity contribution is -0.121. The van der Waals surface area contributed by atoms with Gasteiger partial charge in [0, 0.05) is 31.4 Å². The molecule has 0 unspecified atom stereocenters. The molecule has 1 N–H and O–H groups in total. The van der Waals surface area contributed by atoms with Crippen LogP contribution in [-0.4, -0.2) is 43.9 Å². The van der Waals surface area contributed by atoms with Gasteiger partial charge in [0.05, 0.1) is 0 Å². The minimum atomic E-state index is -3.68. The van der Waals surface area contributed by atoms with Gasteiger partial charge in [-0.25, -0.2) is 8.42 Å². The third-order valence-electron chi connectivity index (χ3n) is 3.56. The molecule has 0 fully saturated rings. The van der Waals surface area contributed by atoms with Crippen molar-refractivity contribution in [2.24, 2.45) is 0 Å². The van der Waals surface area contributed by atoms with Gasteiger partial charge in [0.25, 0.3) is 0 Å². The van der Waals surface area contributed by atoms with Crippen molar-refractivity contribution in [1.29, 1.82) is 0 Å². The zero-order chi connectivity index (χ0) is 17.7. The van der Waals surface area contributed by atoms with Gasteiger partial charge in [-0.05, 0) is 31.7 Å². The van der Waals surface area contributed by atoms with Gasteiger partial charge < -0.3 is 9.84 Å². The van der Waals surface area contributed by atoms with E-state index < -0.39 is 10.0 Å². The van der Waals surface area contributed by atoms with E-state index in [0.717, 1.165) is 4.88 Å². The largest absolute Gasteiger partial charge is 0.360 e. The van der Waals surface area contributed by atoms with Gasteiger partial charge in [-0.1, -0.05) is 11.2 Å². The Morgan fingerprint density at radius 1 is 1.42 bits per heavy atom. The van der Waals surface area contributed by atoms with Gasteiger partial charge in [0.1, 0.15) is 10.6 Å². The van der Waals surface area contributed by atoms with E-state index in [2.05, 4.69) is 10.5 Å². The van der Waals surface area contributed by atoms with Crippen LogP contribution < -0.4 is 5.32 Å². The fraction of sp³-hybridized carbons (Fsp3) is 0.467. The summed E-state index contributed by atoms with van der Waals surface area (Å²) in [4.78, 5) is 13.1. The first-order valence-corrected chi connectivity index (χ1v) is 9.82. The molecule has 0 atom stereocenters. The maximum atomic E-state index is 12.5. The maximum absolute atomic E-state index is 12.5. The number of carbonyl (C=O) groups is 1. The Hall–Kier alpha value is -1.71. The topological polar surface area (TPSA) is 92.5 Å². The lowest BCUT2D eigenvalue weighted by atomic mass is 10.2. The molecule has 0 saturated heterocycles. The maximum Gasteiger partial charge on any atom is 0.248 e. The van der Waals surface area contributed by atoms with Crippen LogP contribution in [0.15, 0.2) is 26.9 Å². The van der Waals surface area contributed by atoms with Crippen molar-refractivity contribution < 1.29 is 17.7 Å². The van der Waals surface area contributed by atoms with Crippen molar-refractivity contribution in [2.45, 2.75) is 31.6 Å². The van der Waals surface area contributed by atoms with E-state index in [1.165, 1.54) is 11.4 Å². The summed E-state index contributed by atoms with van der Waals surface area (Å²) in [6, 6.07) is 3.94. The fourth-order valence-electron chi connectivity index (χ4n) is 2.25. The SMILES string of the molecule is Cc1noc(C)c1S(=O)(=O)N(C)CCNC(=O)CCc1cccs1. The number of rotatable bonds is 8. The smallest absolute Gasteiger partial charge is 0.248 e. The number of hydrogen-bond acceptors (Lipinski definition) is 6. The molecule has 2 rings (SSSR count). The summed E-state index contributed by atoms with van der Waals surface area (Å²) in [5.41, 5.74) is 0.333. The quantitative estimate of drug-likeness (QED) is 0.763. The van der Waals surface area contributed by atoms with Crippen LogP contribution in [0, 0.1) is 13.8 Å². The normalized spacial score (nSPS) is 11.8. The van der Waals surface area contributed by atoms with Gasteiger partial charge in [-0.2, -0.15) is 4.31 Å². The molecule has 0 bridgehead atoms. The highest BCUT2D eigenvalue weighted by molar-refractivity contribution is 7.89. The molecule has 24 heavy (non-hydrogen) atoms. The van der Waals surface area contributed by atoms with Crippen LogP contribution in [0.3, 0.4) is 0 Å². The highest BCUT2D eigenvalue weighted by atomic mass is 32.2. The minimum Gasteiger partial charge on any atom is -0.360 e. The second-order valence-electron chi connectivity index (χ2n) is 5.41. The molecule has 1 amide bonds. The second kappa shape index (κ2) is 7.91. The summed E-state index contributed by atoms with van der Waals surface area (Å²) >= 11 is 1.62. The number of thiophene rings is 1. The summed E-state index contributed by atoms with van der Waals surface area (Å²) in [6.45, 7) is 3.58. The van der Waals surface area contributed by atoms with E-state index in [-0.39, 0.29) is 29.7 Å². The predicted octanol–water partition coefficient (Wildman–Crippen LogP) is 1.72. The number of hydrogen-bond donors (Lipinski definition) is 1. The molecule has 0 aliphatic rings. The van der Waals surface area contributed by atoms with E-state index >= 15 is 0 Å². The number of likely N-dealkylation sites (N-methyl/N-ethyl adjacent to an activating group) is 1. The minimum absolute atomic E-state index is 0.0912. The summed E-state index contributed by atoms with van der Waals surface area (Å²) in [5, 5.41) is 8.39. The molecule has 0 aliphatic heterocycles. The van der Waals surface area contributed by atoms with Crippen LogP contribution in [0.2, 0.25) is 0 Å².